The molecule has 0 saturated heterocycles. The van der Waals surface area contributed by atoms with Gasteiger partial charge >= 0.3 is 0 Å². The van der Waals surface area contributed by atoms with Gasteiger partial charge < -0.3 is 15.6 Å². The van der Waals surface area contributed by atoms with E-state index in [2.05, 4.69) is 25.5 Å². The standard InChI is InChI=1S/C13H21N7/c1-7(2)11-17-10(14)8(3)12(18-11)16-9(4)13-19-15-6-20(13)5/h6-7,9H,1-5H3,(H3,14,16,17,18). The summed E-state index contributed by atoms with van der Waals surface area (Å²) in [6, 6.07) is -0.0180. The fourth-order valence-corrected chi connectivity index (χ4v) is 1.90. The van der Waals surface area contributed by atoms with Crippen LogP contribution < -0.4 is 11.1 Å². The number of nitrogens with zero attached hydrogens (tertiary/aromatic N) is 5. The zero-order valence-electron chi connectivity index (χ0n) is 12.5. The van der Waals surface area contributed by atoms with Gasteiger partial charge in [0.25, 0.3) is 0 Å². The van der Waals surface area contributed by atoms with Crippen molar-refractivity contribution in [3.05, 3.63) is 23.5 Å². The van der Waals surface area contributed by atoms with Crippen LogP contribution in [0.4, 0.5) is 11.6 Å². The molecule has 7 nitrogen and oxygen atoms in total. The van der Waals surface area contributed by atoms with Gasteiger partial charge in [0.05, 0.1) is 6.04 Å². The van der Waals surface area contributed by atoms with Crippen molar-refractivity contribution < 1.29 is 0 Å². The summed E-state index contributed by atoms with van der Waals surface area (Å²) in [5.74, 6) is 3.06. The molecule has 0 aliphatic rings. The first-order chi connectivity index (χ1) is 9.40. The third kappa shape index (κ3) is 2.71. The number of aromatic nitrogens is 5. The number of nitrogens with one attached hydrogen (secondary N) is 1. The van der Waals surface area contributed by atoms with Gasteiger partial charge in [-0.05, 0) is 13.8 Å². The molecule has 0 amide bonds. The lowest BCUT2D eigenvalue weighted by atomic mass is 10.2. The highest BCUT2D eigenvalue weighted by Crippen LogP contribution is 2.24. The lowest BCUT2D eigenvalue weighted by Gasteiger charge is -2.17. The van der Waals surface area contributed by atoms with Gasteiger partial charge in [0, 0.05) is 18.5 Å². The molecule has 0 saturated carbocycles. The fraction of sp³-hybridized carbons (Fsp3) is 0.538. The van der Waals surface area contributed by atoms with E-state index in [1.807, 2.05) is 39.3 Å². The summed E-state index contributed by atoms with van der Waals surface area (Å²) in [5, 5.41) is 11.3. The van der Waals surface area contributed by atoms with E-state index in [0.29, 0.717) is 5.82 Å². The van der Waals surface area contributed by atoms with Gasteiger partial charge in [-0.2, -0.15) is 0 Å². The molecule has 2 heterocycles. The highest BCUT2D eigenvalue weighted by atomic mass is 15.3. The Balaban J connectivity index is 2.31. The van der Waals surface area contributed by atoms with Crippen molar-refractivity contribution in [3.8, 4) is 0 Å². The van der Waals surface area contributed by atoms with E-state index in [9.17, 15) is 0 Å². The van der Waals surface area contributed by atoms with Gasteiger partial charge in [-0.3, -0.25) is 0 Å². The summed E-state index contributed by atoms with van der Waals surface area (Å²) in [5.41, 5.74) is 6.81. The van der Waals surface area contributed by atoms with Crippen LogP contribution in [-0.4, -0.2) is 24.7 Å². The van der Waals surface area contributed by atoms with E-state index < -0.39 is 0 Å². The molecule has 0 radical (unpaired) electrons. The molecular weight excluding hydrogens is 254 g/mol. The van der Waals surface area contributed by atoms with E-state index >= 15 is 0 Å². The Kier molecular flexibility index (Phi) is 3.87. The van der Waals surface area contributed by atoms with Crippen molar-refractivity contribution >= 4 is 11.6 Å². The molecule has 0 aliphatic carbocycles. The van der Waals surface area contributed by atoms with Gasteiger partial charge in [0.2, 0.25) is 0 Å². The third-order valence-corrected chi connectivity index (χ3v) is 3.20. The normalized spacial score (nSPS) is 12.7. The quantitative estimate of drug-likeness (QED) is 0.883. The zero-order chi connectivity index (χ0) is 14.9. The van der Waals surface area contributed by atoms with E-state index in [-0.39, 0.29) is 12.0 Å². The summed E-state index contributed by atoms with van der Waals surface area (Å²) in [4.78, 5) is 8.87. The molecule has 0 bridgehead atoms. The number of aryl methyl sites for hydroxylation is 1. The van der Waals surface area contributed by atoms with E-state index in [4.69, 9.17) is 5.73 Å². The van der Waals surface area contributed by atoms with Crippen LogP contribution in [0, 0.1) is 6.92 Å². The number of anilines is 2. The van der Waals surface area contributed by atoms with Gasteiger partial charge in [-0.25, -0.2) is 9.97 Å². The SMILES string of the molecule is Cc1c(N)nc(C(C)C)nc1NC(C)c1nncn1C. The molecule has 0 aromatic carbocycles. The van der Waals surface area contributed by atoms with E-state index in [1.165, 1.54) is 0 Å². The van der Waals surface area contributed by atoms with Crippen molar-refractivity contribution in [3.63, 3.8) is 0 Å². The van der Waals surface area contributed by atoms with Gasteiger partial charge in [-0.15, -0.1) is 10.2 Å². The number of nitrogen functional groups attached to an aromatic ring is 1. The average molecular weight is 275 g/mol. The molecule has 2 rings (SSSR count). The van der Waals surface area contributed by atoms with Gasteiger partial charge in [-0.1, -0.05) is 13.8 Å². The molecule has 7 heteroatoms. The number of rotatable bonds is 4. The molecule has 0 fully saturated rings. The molecule has 1 atom stereocenters. The summed E-state index contributed by atoms with van der Waals surface area (Å²) in [6.07, 6.45) is 1.67. The van der Waals surface area contributed by atoms with Crippen LogP contribution in [0.3, 0.4) is 0 Å². The summed E-state index contributed by atoms with van der Waals surface area (Å²) in [6.45, 7) is 8.00. The molecular formula is C13H21N7. The second-order valence-corrected chi connectivity index (χ2v) is 5.26. The van der Waals surface area contributed by atoms with Crippen LogP contribution >= 0.6 is 0 Å². The topological polar surface area (TPSA) is 94.5 Å². The second-order valence-electron chi connectivity index (χ2n) is 5.26. The maximum atomic E-state index is 5.96. The minimum atomic E-state index is -0.0180. The first kappa shape index (κ1) is 14.2. The molecule has 3 N–H and O–H groups in total. The summed E-state index contributed by atoms with van der Waals surface area (Å²) in [7, 11) is 1.91. The van der Waals surface area contributed by atoms with Crippen LogP contribution in [0.25, 0.3) is 0 Å². The molecule has 0 spiro atoms. The number of nitrogens with two attached hydrogens (primary N) is 1. The Morgan fingerprint density at radius 3 is 2.50 bits per heavy atom. The van der Waals surface area contributed by atoms with Crippen LogP contribution in [0.1, 0.15) is 49.9 Å². The number of hydrogen-bond acceptors (Lipinski definition) is 6. The minimum absolute atomic E-state index is 0.0180. The Hall–Kier alpha value is -2.18. The molecule has 20 heavy (non-hydrogen) atoms. The maximum Gasteiger partial charge on any atom is 0.154 e. The molecule has 2 aromatic heterocycles. The highest BCUT2D eigenvalue weighted by Gasteiger charge is 2.16. The molecule has 2 aromatic rings. The first-order valence-electron chi connectivity index (χ1n) is 6.64. The fourth-order valence-electron chi connectivity index (χ4n) is 1.90. The van der Waals surface area contributed by atoms with Gasteiger partial charge in [0.15, 0.2) is 5.82 Å². The lowest BCUT2D eigenvalue weighted by molar-refractivity contribution is 0.709. The Morgan fingerprint density at radius 1 is 1.25 bits per heavy atom. The molecule has 0 aliphatic heterocycles. The van der Waals surface area contributed by atoms with Gasteiger partial charge in [0.1, 0.15) is 23.8 Å². The van der Waals surface area contributed by atoms with Crippen molar-refractivity contribution in [2.45, 2.75) is 39.7 Å². The Morgan fingerprint density at radius 2 is 1.95 bits per heavy atom. The Labute approximate surface area is 118 Å². The maximum absolute atomic E-state index is 5.96. The third-order valence-electron chi connectivity index (χ3n) is 3.20. The van der Waals surface area contributed by atoms with E-state index in [0.717, 1.165) is 23.0 Å². The highest BCUT2D eigenvalue weighted by molar-refractivity contribution is 5.55. The van der Waals surface area contributed by atoms with Crippen LogP contribution in [0.5, 0.6) is 0 Å². The summed E-state index contributed by atoms with van der Waals surface area (Å²) >= 11 is 0. The van der Waals surface area contributed by atoms with Crippen LogP contribution in [-0.2, 0) is 7.05 Å². The number of hydrogen-bond donors (Lipinski definition) is 2. The largest absolute Gasteiger partial charge is 0.383 e. The van der Waals surface area contributed by atoms with Crippen LogP contribution in [0.15, 0.2) is 6.33 Å². The summed E-state index contributed by atoms with van der Waals surface area (Å²) < 4.78 is 1.88. The van der Waals surface area contributed by atoms with Crippen LogP contribution in [0.2, 0.25) is 0 Å². The van der Waals surface area contributed by atoms with Crippen molar-refractivity contribution in [1.29, 1.82) is 0 Å². The smallest absolute Gasteiger partial charge is 0.154 e. The monoisotopic (exact) mass is 275 g/mol. The second kappa shape index (κ2) is 5.44. The first-order valence-corrected chi connectivity index (χ1v) is 6.64. The van der Waals surface area contributed by atoms with E-state index in [1.54, 1.807) is 6.33 Å². The zero-order valence-corrected chi connectivity index (χ0v) is 12.5. The van der Waals surface area contributed by atoms with Crippen molar-refractivity contribution in [2.24, 2.45) is 7.05 Å². The molecule has 108 valence electrons. The Bertz CT molecular complexity index is 603. The average Bonchev–Trinajstić information content (AvgIpc) is 2.80. The predicted octanol–water partition coefficient (Wildman–Crippen LogP) is 1.79. The lowest BCUT2D eigenvalue weighted by Crippen LogP contribution is -2.16. The molecule has 1 unspecified atom stereocenters. The van der Waals surface area contributed by atoms with Crippen molar-refractivity contribution in [2.75, 3.05) is 11.1 Å². The predicted molar refractivity (Wildman–Crippen MR) is 78.3 cm³/mol. The minimum Gasteiger partial charge on any atom is -0.383 e. The van der Waals surface area contributed by atoms with Crippen molar-refractivity contribution in [1.82, 2.24) is 24.7 Å².